The summed E-state index contributed by atoms with van der Waals surface area (Å²) < 4.78 is 44.7. The van der Waals surface area contributed by atoms with E-state index in [1.807, 2.05) is 44.2 Å². The molecule has 0 saturated heterocycles. The first kappa shape index (κ1) is 22.9. The number of benzene rings is 1. The first-order chi connectivity index (χ1) is 16.2. The molecule has 174 valence electrons. The number of rotatable bonds is 5. The Hall–Kier alpha value is -4.28. The highest BCUT2D eigenvalue weighted by atomic mass is 19.4. The lowest BCUT2D eigenvalue weighted by atomic mass is 9.98. The zero-order chi connectivity index (χ0) is 24.3. The van der Waals surface area contributed by atoms with Gasteiger partial charge in [-0.1, -0.05) is 24.3 Å². The Morgan fingerprint density at radius 1 is 1.09 bits per heavy atom. The number of carbonyl (C=O) groups is 1. The van der Waals surface area contributed by atoms with Gasteiger partial charge in [0.15, 0.2) is 11.3 Å². The third-order valence-corrected chi connectivity index (χ3v) is 4.95. The molecule has 0 atom stereocenters. The maximum Gasteiger partial charge on any atom is 0.433 e. The summed E-state index contributed by atoms with van der Waals surface area (Å²) in [5.41, 5.74) is 3.95. The first-order valence-electron chi connectivity index (χ1n) is 10.1. The maximum absolute atomic E-state index is 12.8. The molecule has 0 aliphatic rings. The maximum atomic E-state index is 12.8. The van der Waals surface area contributed by atoms with Crippen molar-refractivity contribution in [1.29, 1.82) is 0 Å². The molecule has 0 bridgehead atoms. The van der Waals surface area contributed by atoms with Gasteiger partial charge in [-0.2, -0.15) is 13.2 Å². The van der Waals surface area contributed by atoms with Crippen molar-refractivity contribution in [1.82, 2.24) is 15.2 Å². The molecule has 4 rings (SSSR count). The van der Waals surface area contributed by atoms with Crippen LogP contribution in [-0.4, -0.2) is 21.3 Å². The molecular weight excluding hydrogens is 449 g/mol. The smallest absolute Gasteiger partial charge is 0.424 e. The Labute approximate surface area is 192 Å². The highest BCUT2D eigenvalue weighted by molar-refractivity contribution is 6.03. The van der Waals surface area contributed by atoms with Crippen molar-refractivity contribution >= 4 is 17.6 Å². The van der Waals surface area contributed by atoms with Gasteiger partial charge in [0, 0.05) is 29.2 Å². The molecule has 2 amide bonds. The van der Waals surface area contributed by atoms with Gasteiger partial charge in [-0.15, -0.1) is 0 Å². The van der Waals surface area contributed by atoms with Gasteiger partial charge in [-0.25, -0.2) is 0 Å². The van der Waals surface area contributed by atoms with Gasteiger partial charge in [0.05, 0.1) is 0 Å². The average Bonchev–Trinajstić information content (AvgIpc) is 3.21. The first-order valence-corrected chi connectivity index (χ1v) is 10.1. The van der Waals surface area contributed by atoms with Crippen molar-refractivity contribution in [2.24, 2.45) is 0 Å². The van der Waals surface area contributed by atoms with E-state index in [1.165, 1.54) is 16.9 Å². The van der Waals surface area contributed by atoms with Crippen LogP contribution < -0.4 is 10.00 Å². The fourth-order valence-electron chi connectivity index (χ4n) is 3.40. The molecule has 0 spiro atoms. The Kier molecular flexibility index (Phi) is 6.26. The van der Waals surface area contributed by atoms with Gasteiger partial charge in [-0.05, 0) is 53.5 Å². The van der Waals surface area contributed by atoms with Crippen molar-refractivity contribution in [2.75, 3.05) is 5.32 Å². The topological polar surface area (TPSA) is 98.9 Å². The second-order valence-electron chi connectivity index (χ2n) is 7.49. The highest BCUT2D eigenvalue weighted by Gasteiger charge is 2.32. The summed E-state index contributed by atoms with van der Waals surface area (Å²) in [5, 5.41) is 9.74. The van der Waals surface area contributed by atoms with E-state index in [2.05, 4.69) is 25.9 Å². The summed E-state index contributed by atoms with van der Waals surface area (Å²) in [5.74, 6) is -0.0965. The molecule has 34 heavy (non-hydrogen) atoms. The third kappa shape index (κ3) is 5.37. The van der Waals surface area contributed by atoms with Crippen LogP contribution in [0.4, 0.5) is 29.5 Å². The standard InChI is InChI=1S/C23H19F3N6O2/c1-14-7-9-27-15(2)21(14)17-5-3-16(4-6-17)12-32-13-20(34-31-32)30-22(33)29-18-8-10-28-19(11-18)23(24,25)26/h3-11,13H,12H2,1-2H3,(H-,28,29,30,31,33). The minimum Gasteiger partial charge on any atom is -0.424 e. The minimum absolute atomic E-state index is 0.0948. The minimum atomic E-state index is -4.62. The molecule has 3 aromatic heterocycles. The predicted octanol–water partition coefficient (Wildman–Crippen LogP) is 5.34. The van der Waals surface area contributed by atoms with Crippen molar-refractivity contribution < 1.29 is 27.2 Å². The van der Waals surface area contributed by atoms with E-state index in [4.69, 9.17) is 4.52 Å². The van der Waals surface area contributed by atoms with Gasteiger partial charge in [0.2, 0.25) is 18.6 Å². The van der Waals surface area contributed by atoms with Crippen molar-refractivity contribution in [3.63, 3.8) is 0 Å². The van der Waals surface area contributed by atoms with Crippen LogP contribution >= 0.6 is 0 Å². The van der Waals surface area contributed by atoms with Gasteiger partial charge >= 0.3 is 6.18 Å². The van der Waals surface area contributed by atoms with E-state index in [1.54, 1.807) is 6.20 Å². The Morgan fingerprint density at radius 2 is 1.82 bits per heavy atom. The van der Waals surface area contributed by atoms with E-state index in [9.17, 15) is 18.0 Å². The summed E-state index contributed by atoms with van der Waals surface area (Å²) in [6.45, 7) is 4.37. The summed E-state index contributed by atoms with van der Waals surface area (Å²) in [7, 11) is 0. The number of nitrogens with one attached hydrogen (secondary N) is 1. The fraction of sp³-hybridized carbons (Fsp3) is 0.174. The second-order valence-corrected chi connectivity index (χ2v) is 7.49. The summed E-state index contributed by atoms with van der Waals surface area (Å²) >= 11 is 0. The molecule has 11 heteroatoms. The molecule has 0 saturated carbocycles. The number of hydrogen-bond donors (Lipinski definition) is 1. The lowest BCUT2D eigenvalue weighted by Gasteiger charge is -2.14. The number of halogens is 3. The van der Waals surface area contributed by atoms with E-state index in [0.717, 1.165) is 34.1 Å². The van der Waals surface area contributed by atoms with Crippen molar-refractivity contribution in [2.45, 2.75) is 26.6 Å². The lowest BCUT2D eigenvalue weighted by molar-refractivity contribution is -0.754. The van der Waals surface area contributed by atoms with E-state index in [-0.39, 0.29) is 11.6 Å². The molecule has 0 fully saturated rings. The second kappa shape index (κ2) is 9.30. The van der Waals surface area contributed by atoms with Gasteiger partial charge in [0.25, 0.3) is 0 Å². The highest BCUT2D eigenvalue weighted by Crippen LogP contribution is 2.29. The predicted molar refractivity (Wildman–Crippen MR) is 116 cm³/mol. The van der Waals surface area contributed by atoms with Gasteiger partial charge in [0.1, 0.15) is 5.69 Å². The van der Waals surface area contributed by atoms with Gasteiger partial charge in [-0.3, -0.25) is 14.8 Å². The largest absolute Gasteiger partial charge is 0.433 e. The van der Waals surface area contributed by atoms with Crippen molar-refractivity contribution in [3.05, 3.63) is 88.9 Å². The fourth-order valence-corrected chi connectivity index (χ4v) is 3.40. The zero-order valence-corrected chi connectivity index (χ0v) is 18.2. The monoisotopic (exact) mass is 468 g/mol. The number of alkyl halides is 3. The number of anilines is 1. The van der Waals surface area contributed by atoms with Crippen LogP contribution in [0.1, 0.15) is 22.5 Å². The quantitative estimate of drug-likeness (QED) is 0.399. The number of amides is 2. The van der Waals surface area contributed by atoms with Crippen LogP contribution in [0.2, 0.25) is 0 Å². The van der Waals surface area contributed by atoms with Crippen LogP contribution in [0, 0.1) is 13.8 Å². The molecule has 0 unspecified atom stereocenters. The molecule has 8 nitrogen and oxygen atoms in total. The molecule has 1 N–H and O–H groups in total. The van der Waals surface area contributed by atoms with E-state index < -0.39 is 17.9 Å². The zero-order valence-electron chi connectivity index (χ0n) is 18.2. The molecule has 0 aliphatic carbocycles. The average molecular weight is 468 g/mol. The van der Waals surface area contributed by atoms with Crippen LogP contribution in [0.25, 0.3) is 16.4 Å². The summed E-state index contributed by atoms with van der Waals surface area (Å²) in [4.78, 5) is 19.6. The lowest BCUT2D eigenvalue weighted by Crippen LogP contribution is -2.35. The molecule has 0 radical (unpaired) electrons. The number of hydrogen-bond acceptors (Lipinski definition) is 5. The van der Waals surface area contributed by atoms with Crippen LogP contribution in [-0.2, 0) is 12.7 Å². The molecule has 1 aromatic carbocycles. The Bertz CT molecular complexity index is 1300. The normalized spacial score (nSPS) is 11.3. The van der Waals surface area contributed by atoms with Crippen molar-refractivity contribution in [3.8, 4) is 11.1 Å². The number of pyridine rings is 2. The van der Waals surface area contributed by atoms with Crippen LogP contribution in [0.3, 0.4) is 0 Å². The van der Waals surface area contributed by atoms with Crippen LogP contribution in [0.5, 0.6) is 0 Å². The Morgan fingerprint density at radius 3 is 2.53 bits per heavy atom. The van der Waals surface area contributed by atoms with E-state index in [0.29, 0.717) is 12.6 Å². The summed E-state index contributed by atoms with van der Waals surface area (Å²) in [6.07, 6.45) is -0.481. The Balaban J connectivity index is 1.38. The third-order valence-electron chi connectivity index (χ3n) is 4.95. The summed E-state index contributed by atoms with van der Waals surface area (Å²) in [6, 6.07) is 10.9. The number of aryl methyl sites for hydroxylation is 2. The number of urea groups is 1. The van der Waals surface area contributed by atoms with Crippen LogP contribution in [0.15, 0.2) is 65.6 Å². The number of nitrogens with zero attached hydrogens (tertiary/aromatic N) is 5. The SMILES string of the molecule is Cc1ccnc(C)c1-c1ccc(C[n+]2cc([N-]C(=O)Nc3ccnc(C(F)(F)F)c3)on2)cc1. The molecule has 0 aliphatic heterocycles. The number of carbonyl (C=O) groups excluding carboxylic acids is 1. The van der Waals surface area contributed by atoms with Gasteiger partial charge < -0.3 is 15.2 Å². The number of aromatic nitrogens is 4. The molecule has 3 heterocycles. The molecular formula is C23H19F3N6O2. The molecule has 4 aromatic rings. The van der Waals surface area contributed by atoms with E-state index >= 15 is 0 Å².